The largest absolute Gasteiger partial charge is 0.360 e. The quantitative estimate of drug-likeness (QED) is 0.720. The fraction of sp³-hybridized carbons (Fsp3) is 0.261. The zero-order valence-electron chi connectivity index (χ0n) is 16.1. The van der Waals surface area contributed by atoms with Gasteiger partial charge in [0.05, 0.1) is 6.54 Å². The van der Waals surface area contributed by atoms with E-state index in [1.165, 1.54) is 11.8 Å². The number of likely N-dealkylation sites (tertiary alicyclic amines) is 1. The number of carbonyl (C=O) groups is 2. The van der Waals surface area contributed by atoms with E-state index >= 15 is 0 Å². The highest BCUT2D eigenvalue weighted by molar-refractivity contribution is 5.98. The first kappa shape index (κ1) is 18.9. The number of carbonyl (C=O) groups excluding carboxylic acids is 2. The fourth-order valence-electron chi connectivity index (χ4n) is 3.89. The highest BCUT2D eigenvalue weighted by Gasteiger charge is 2.24. The summed E-state index contributed by atoms with van der Waals surface area (Å²) in [5.41, 5.74) is 1.65. The third kappa shape index (κ3) is 4.06. The summed E-state index contributed by atoms with van der Waals surface area (Å²) in [7, 11) is 0. The number of H-pyrrole nitrogens is 1. The van der Waals surface area contributed by atoms with Crippen LogP contribution in [0.3, 0.4) is 0 Å². The van der Waals surface area contributed by atoms with E-state index in [2.05, 4.69) is 22.4 Å². The summed E-state index contributed by atoms with van der Waals surface area (Å²) < 4.78 is 0. The van der Waals surface area contributed by atoms with Gasteiger partial charge in [-0.2, -0.15) is 0 Å². The molecule has 2 aromatic carbocycles. The predicted molar refractivity (Wildman–Crippen MR) is 112 cm³/mol. The molecule has 148 valence electrons. The summed E-state index contributed by atoms with van der Waals surface area (Å²) in [6.07, 6.45) is 3.22. The molecule has 6 heteroatoms. The summed E-state index contributed by atoms with van der Waals surface area (Å²) in [4.78, 5) is 42.2. The maximum absolute atomic E-state index is 12.5. The van der Waals surface area contributed by atoms with Crippen molar-refractivity contribution in [1.82, 2.24) is 15.2 Å². The Morgan fingerprint density at radius 1 is 1.00 bits per heavy atom. The van der Waals surface area contributed by atoms with Crippen molar-refractivity contribution in [2.24, 2.45) is 0 Å². The van der Waals surface area contributed by atoms with E-state index in [1.54, 1.807) is 23.1 Å². The number of nitrogens with zero attached hydrogens (tertiary/aromatic N) is 1. The number of pyridine rings is 1. The van der Waals surface area contributed by atoms with Gasteiger partial charge in [-0.15, -0.1) is 0 Å². The molecule has 1 fully saturated rings. The molecule has 2 heterocycles. The Balaban J connectivity index is 1.34. The van der Waals surface area contributed by atoms with Crippen LogP contribution in [0.15, 0.2) is 65.6 Å². The molecule has 0 radical (unpaired) electrons. The minimum Gasteiger partial charge on any atom is -0.360 e. The molecule has 0 aliphatic carbocycles. The molecule has 2 amide bonds. The van der Waals surface area contributed by atoms with Gasteiger partial charge in [-0.1, -0.05) is 42.5 Å². The van der Waals surface area contributed by atoms with Crippen molar-refractivity contribution >= 4 is 22.7 Å². The average molecular weight is 389 g/mol. The summed E-state index contributed by atoms with van der Waals surface area (Å²) in [5.74, 6) is -0.197. The first-order valence-electron chi connectivity index (χ1n) is 9.85. The van der Waals surface area contributed by atoms with Gasteiger partial charge in [-0.3, -0.25) is 14.4 Å². The molecule has 29 heavy (non-hydrogen) atoms. The van der Waals surface area contributed by atoms with Crippen molar-refractivity contribution in [2.75, 3.05) is 19.6 Å². The van der Waals surface area contributed by atoms with Crippen LogP contribution >= 0.6 is 0 Å². The van der Waals surface area contributed by atoms with E-state index in [1.807, 2.05) is 24.3 Å². The summed E-state index contributed by atoms with van der Waals surface area (Å²) >= 11 is 0. The minimum atomic E-state index is -0.537. The molecule has 0 atom stereocenters. The van der Waals surface area contributed by atoms with Gasteiger partial charge in [-0.05, 0) is 36.5 Å². The molecule has 4 rings (SSSR count). The fourth-order valence-corrected chi connectivity index (χ4v) is 3.89. The Morgan fingerprint density at radius 3 is 2.45 bits per heavy atom. The lowest BCUT2D eigenvalue weighted by Gasteiger charge is -2.32. The zero-order chi connectivity index (χ0) is 20.2. The number of amides is 2. The van der Waals surface area contributed by atoms with Crippen LogP contribution < -0.4 is 10.7 Å². The van der Waals surface area contributed by atoms with Crippen LogP contribution in [0.1, 0.15) is 34.7 Å². The summed E-state index contributed by atoms with van der Waals surface area (Å²) in [5, 5.41) is 3.05. The van der Waals surface area contributed by atoms with Crippen molar-refractivity contribution in [3.63, 3.8) is 0 Å². The van der Waals surface area contributed by atoms with E-state index < -0.39 is 5.91 Å². The van der Waals surface area contributed by atoms with E-state index in [4.69, 9.17) is 0 Å². The first-order chi connectivity index (χ1) is 14.1. The molecule has 2 N–H and O–H groups in total. The lowest BCUT2D eigenvalue weighted by Crippen LogP contribution is -2.44. The molecule has 0 bridgehead atoms. The number of piperidine rings is 1. The van der Waals surface area contributed by atoms with Gasteiger partial charge >= 0.3 is 0 Å². The zero-order valence-corrected chi connectivity index (χ0v) is 16.1. The second-order valence-electron chi connectivity index (χ2n) is 7.33. The predicted octanol–water partition coefficient (Wildman–Crippen LogP) is 2.66. The molecule has 1 aliphatic rings. The third-order valence-electron chi connectivity index (χ3n) is 5.55. The van der Waals surface area contributed by atoms with Crippen LogP contribution in [0.2, 0.25) is 0 Å². The van der Waals surface area contributed by atoms with E-state index in [9.17, 15) is 14.4 Å². The lowest BCUT2D eigenvalue weighted by molar-refractivity contribution is -0.131. The summed E-state index contributed by atoms with van der Waals surface area (Å²) in [6, 6.07) is 17.4. The first-order valence-corrected chi connectivity index (χ1v) is 9.85. The Morgan fingerprint density at radius 2 is 1.69 bits per heavy atom. The molecular formula is C23H23N3O3. The van der Waals surface area contributed by atoms with Crippen molar-refractivity contribution in [3.8, 4) is 0 Å². The van der Waals surface area contributed by atoms with Crippen molar-refractivity contribution < 1.29 is 9.59 Å². The van der Waals surface area contributed by atoms with Crippen LogP contribution in [-0.2, 0) is 4.79 Å². The Labute approximate surface area is 168 Å². The molecule has 6 nitrogen and oxygen atoms in total. The SMILES string of the molecule is O=C(NCC(=O)N1CCC(c2ccccc2)CC1)c1c[nH]c2ccccc2c1=O. The van der Waals surface area contributed by atoms with E-state index in [0.717, 1.165) is 12.8 Å². The van der Waals surface area contributed by atoms with Crippen LogP contribution in [-0.4, -0.2) is 41.3 Å². The highest BCUT2D eigenvalue weighted by Crippen LogP contribution is 2.27. The normalized spacial score (nSPS) is 14.7. The number of para-hydroxylation sites is 1. The Bertz CT molecular complexity index is 1080. The van der Waals surface area contributed by atoms with Crippen molar-refractivity contribution in [2.45, 2.75) is 18.8 Å². The maximum atomic E-state index is 12.5. The molecule has 1 aromatic heterocycles. The third-order valence-corrected chi connectivity index (χ3v) is 5.55. The van der Waals surface area contributed by atoms with Gasteiger partial charge in [-0.25, -0.2) is 0 Å². The highest BCUT2D eigenvalue weighted by atomic mass is 16.2. The molecule has 1 aliphatic heterocycles. The number of nitrogens with one attached hydrogen (secondary N) is 2. The lowest BCUT2D eigenvalue weighted by atomic mass is 9.89. The number of hydrogen-bond donors (Lipinski definition) is 2. The standard InChI is InChI=1S/C23H23N3O3/c27-21(26-12-10-17(11-13-26)16-6-2-1-3-7-16)15-25-23(29)19-14-24-20-9-5-4-8-18(20)22(19)28/h1-9,14,17H,10-13,15H2,(H,24,28)(H,25,29). The number of rotatable bonds is 4. The van der Waals surface area contributed by atoms with Gasteiger partial charge < -0.3 is 15.2 Å². The van der Waals surface area contributed by atoms with Crippen LogP contribution in [0, 0.1) is 0 Å². The smallest absolute Gasteiger partial charge is 0.257 e. The minimum absolute atomic E-state index is 0.0132. The monoisotopic (exact) mass is 389 g/mol. The van der Waals surface area contributed by atoms with Crippen LogP contribution in [0.25, 0.3) is 10.9 Å². The number of benzene rings is 2. The van der Waals surface area contributed by atoms with Gasteiger partial charge in [0, 0.05) is 30.2 Å². The van der Waals surface area contributed by atoms with Gasteiger partial charge in [0.1, 0.15) is 5.56 Å². The number of aromatic amines is 1. The Kier molecular flexibility index (Phi) is 5.42. The van der Waals surface area contributed by atoms with Crippen molar-refractivity contribution in [3.05, 3.63) is 82.1 Å². The topological polar surface area (TPSA) is 82.3 Å². The second-order valence-corrected chi connectivity index (χ2v) is 7.33. The number of fused-ring (bicyclic) bond motifs is 1. The summed E-state index contributed by atoms with van der Waals surface area (Å²) in [6.45, 7) is 1.23. The van der Waals surface area contributed by atoms with Crippen LogP contribution in [0.4, 0.5) is 0 Å². The molecule has 0 unspecified atom stereocenters. The molecule has 0 spiro atoms. The maximum Gasteiger partial charge on any atom is 0.257 e. The van der Waals surface area contributed by atoms with E-state index in [0.29, 0.717) is 29.9 Å². The van der Waals surface area contributed by atoms with E-state index in [-0.39, 0.29) is 23.4 Å². The van der Waals surface area contributed by atoms with Gasteiger partial charge in [0.15, 0.2) is 0 Å². The van der Waals surface area contributed by atoms with Crippen LogP contribution in [0.5, 0.6) is 0 Å². The second kappa shape index (κ2) is 8.31. The Hall–Kier alpha value is -3.41. The number of hydrogen-bond acceptors (Lipinski definition) is 3. The molecule has 0 saturated carbocycles. The number of aromatic nitrogens is 1. The molecule has 1 saturated heterocycles. The molecule has 3 aromatic rings. The molecular weight excluding hydrogens is 366 g/mol. The van der Waals surface area contributed by atoms with Gasteiger partial charge in [0.25, 0.3) is 5.91 Å². The van der Waals surface area contributed by atoms with Crippen molar-refractivity contribution in [1.29, 1.82) is 0 Å². The average Bonchev–Trinajstić information content (AvgIpc) is 2.78. The van der Waals surface area contributed by atoms with Gasteiger partial charge in [0.2, 0.25) is 11.3 Å².